The van der Waals surface area contributed by atoms with E-state index in [2.05, 4.69) is 37.2 Å². The number of benzene rings is 2. The Bertz CT molecular complexity index is 647. The van der Waals surface area contributed by atoms with E-state index in [4.69, 9.17) is 0 Å². The minimum absolute atomic E-state index is 0.154. The van der Waals surface area contributed by atoms with Crippen molar-refractivity contribution in [2.75, 3.05) is 7.05 Å². The molecule has 1 unspecified atom stereocenters. The Morgan fingerprint density at radius 3 is 2.35 bits per heavy atom. The van der Waals surface area contributed by atoms with Gasteiger partial charge in [-0.3, -0.25) is 0 Å². The highest BCUT2D eigenvalue weighted by atomic mass is 79.9. The van der Waals surface area contributed by atoms with E-state index in [-0.39, 0.29) is 14.5 Å². The first kappa shape index (κ1) is 15.5. The van der Waals surface area contributed by atoms with Gasteiger partial charge in [-0.25, -0.2) is 13.2 Å². The molecule has 0 spiro atoms. The average molecular weight is 409 g/mol. The van der Waals surface area contributed by atoms with Crippen molar-refractivity contribution in [3.63, 3.8) is 0 Å². The Morgan fingerprint density at radius 2 is 1.70 bits per heavy atom. The van der Waals surface area contributed by atoms with Crippen LogP contribution in [-0.2, 0) is 0 Å². The highest BCUT2D eigenvalue weighted by molar-refractivity contribution is 9.10. The zero-order valence-corrected chi connectivity index (χ0v) is 13.5. The van der Waals surface area contributed by atoms with Crippen LogP contribution in [0.15, 0.2) is 39.3 Å². The molecule has 0 radical (unpaired) electrons. The van der Waals surface area contributed by atoms with E-state index in [1.165, 1.54) is 24.3 Å². The molecule has 0 aliphatic heterocycles. The Balaban J connectivity index is 2.65. The zero-order valence-electron chi connectivity index (χ0n) is 10.4. The SMILES string of the molecule is CNC(c1cccc(F)c1Br)c1c(F)ccc(Br)c1F. The molecule has 0 amide bonds. The van der Waals surface area contributed by atoms with Crippen molar-refractivity contribution < 1.29 is 13.2 Å². The van der Waals surface area contributed by atoms with Crippen LogP contribution in [0.4, 0.5) is 13.2 Å². The van der Waals surface area contributed by atoms with Gasteiger partial charge in [0, 0.05) is 5.56 Å². The lowest BCUT2D eigenvalue weighted by Crippen LogP contribution is -2.21. The summed E-state index contributed by atoms with van der Waals surface area (Å²) in [7, 11) is 1.56. The van der Waals surface area contributed by atoms with Crippen LogP contribution in [0.5, 0.6) is 0 Å². The van der Waals surface area contributed by atoms with Crippen molar-refractivity contribution in [3.05, 3.63) is 67.9 Å². The van der Waals surface area contributed by atoms with Crippen LogP contribution in [0, 0.1) is 17.5 Å². The summed E-state index contributed by atoms with van der Waals surface area (Å²) in [5, 5.41) is 2.81. The van der Waals surface area contributed by atoms with Crippen molar-refractivity contribution in [2.24, 2.45) is 0 Å². The summed E-state index contributed by atoms with van der Waals surface area (Å²) in [5.41, 5.74) is 0.261. The largest absolute Gasteiger partial charge is 0.309 e. The summed E-state index contributed by atoms with van der Waals surface area (Å²) >= 11 is 6.14. The van der Waals surface area contributed by atoms with Gasteiger partial charge in [-0.05, 0) is 62.7 Å². The second kappa shape index (κ2) is 6.28. The molecule has 0 aliphatic carbocycles. The van der Waals surface area contributed by atoms with Gasteiger partial charge < -0.3 is 5.32 Å². The van der Waals surface area contributed by atoms with Crippen molar-refractivity contribution >= 4 is 31.9 Å². The maximum absolute atomic E-state index is 14.2. The van der Waals surface area contributed by atoms with Gasteiger partial charge in [-0.15, -0.1) is 0 Å². The Hall–Kier alpha value is -0.850. The van der Waals surface area contributed by atoms with Crippen molar-refractivity contribution in [3.8, 4) is 0 Å². The fourth-order valence-electron chi connectivity index (χ4n) is 2.01. The topological polar surface area (TPSA) is 12.0 Å². The first-order valence-electron chi connectivity index (χ1n) is 5.72. The van der Waals surface area contributed by atoms with E-state index in [9.17, 15) is 13.2 Å². The molecule has 6 heteroatoms. The summed E-state index contributed by atoms with van der Waals surface area (Å²) in [6.45, 7) is 0. The predicted molar refractivity (Wildman–Crippen MR) is 79.1 cm³/mol. The lowest BCUT2D eigenvalue weighted by atomic mass is 9.97. The molecule has 2 aromatic rings. The quantitative estimate of drug-likeness (QED) is 0.709. The molecule has 20 heavy (non-hydrogen) atoms. The van der Waals surface area contributed by atoms with E-state index in [0.29, 0.717) is 5.56 Å². The normalized spacial score (nSPS) is 12.5. The summed E-state index contributed by atoms with van der Waals surface area (Å²) in [4.78, 5) is 0. The molecule has 0 aliphatic rings. The molecule has 0 heterocycles. The van der Waals surface area contributed by atoms with Crippen LogP contribution < -0.4 is 5.32 Å². The van der Waals surface area contributed by atoms with E-state index >= 15 is 0 Å². The molecular weight excluding hydrogens is 399 g/mol. The molecule has 2 rings (SSSR count). The van der Waals surface area contributed by atoms with Gasteiger partial charge in [0.05, 0.1) is 15.0 Å². The third-order valence-electron chi connectivity index (χ3n) is 2.95. The molecule has 1 nitrogen and oxygen atoms in total. The third kappa shape index (κ3) is 2.77. The maximum atomic E-state index is 14.2. The van der Waals surface area contributed by atoms with Gasteiger partial charge in [-0.1, -0.05) is 12.1 Å². The number of nitrogens with one attached hydrogen (secondary N) is 1. The third-order valence-corrected chi connectivity index (χ3v) is 4.40. The van der Waals surface area contributed by atoms with Crippen LogP contribution in [0.2, 0.25) is 0 Å². The highest BCUT2D eigenvalue weighted by Crippen LogP contribution is 2.34. The van der Waals surface area contributed by atoms with E-state index < -0.39 is 23.5 Å². The second-order valence-corrected chi connectivity index (χ2v) is 5.77. The summed E-state index contributed by atoms with van der Waals surface area (Å²) < 4.78 is 42.1. The Labute approximate surface area is 131 Å². The van der Waals surface area contributed by atoms with Gasteiger partial charge in [0.1, 0.15) is 17.5 Å². The van der Waals surface area contributed by atoms with Crippen molar-refractivity contribution in [2.45, 2.75) is 6.04 Å². The Morgan fingerprint density at radius 1 is 1.00 bits per heavy atom. The molecule has 2 aromatic carbocycles. The number of rotatable bonds is 3. The lowest BCUT2D eigenvalue weighted by Gasteiger charge is -2.20. The van der Waals surface area contributed by atoms with Crippen LogP contribution in [-0.4, -0.2) is 7.05 Å². The second-order valence-electron chi connectivity index (χ2n) is 4.12. The van der Waals surface area contributed by atoms with Gasteiger partial charge in [0.2, 0.25) is 0 Å². The van der Waals surface area contributed by atoms with E-state index in [0.717, 1.165) is 0 Å². The first-order valence-corrected chi connectivity index (χ1v) is 7.30. The highest BCUT2D eigenvalue weighted by Gasteiger charge is 2.24. The Kier molecular flexibility index (Phi) is 4.88. The van der Waals surface area contributed by atoms with Gasteiger partial charge in [0.15, 0.2) is 0 Å². The van der Waals surface area contributed by atoms with E-state index in [1.54, 1.807) is 13.1 Å². The van der Waals surface area contributed by atoms with E-state index in [1.807, 2.05) is 0 Å². The average Bonchev–Trinajstić information content (AvgIpc) is 2.43. The standard InChI is InChI=1S/C14H10Br2F3N/c1-20-14(7-3-2-4-10(18)12(7)16)11-9(17)6-5-8(15)13(11)19/h2-6,14,20H,1H3. The van der Waals surface area contributed by atoms with Gasteiger partial charge in [0.25, 0.3) is 0 Å². The molecule has 0 bridgehead atoms. The molecule has 0 saturated carbocycles. The lowest BCUT2D eigenvalue weighted by molar-refractivity contribution is 0.515. The summed E-state index contributed by atoms with van der Waals surface area (Å²) in [6, 6.07) is 6.02. The molecule has 0 fully saturated rings. The fourth-order valence-corrected chi connectivity index (χ4v) is 2.85. The maximum Gasteiger partial charge on any atom is 0.145 e. The number of hydrogen-bond donors (Lipinski definition) is 1. The van der Waals surface area contributed by atoms with Crippen LogP contribution in [0.3, 0.4) is 0 Å². The first-order chi connectivity index (χ1) is 9.47. The fraction of sp³-hybridized carbons (Fsp3) is 0.143. The molecular formula is C14H10Br2F3N. The van der Waals surface area contributed by atoms with Gasteiger partial charge >= 0.3 is 0 Å². The van der Waals surface area contributed by atoms with Crippen LogP contribution >= 0.6 is 31.9 Å². The summed E-state index contributed by atoms with van der Waals surface area (Å²) in [5.74, 6) is -1.89. The summed E-state index contributed by atoms with van der Waals surface area (Å²) in [6.07, 6.45) is 0. The van der Waals surface area contributed by atoms with Crippen molar-refractivity contribution in [1.82, 2.24) is 5.32 Å². The van der Waals surface area contributed by atoms with Gasteiger partial charge in [-0.2, -0.15) is 0 Å². The molecule has 0 aromatic heterocycles. The monoisotopic (exact) mass is 407 g/mol. The molecule has 1 N–H and O–H groups in total. The number of hydrogen-bond acceptors (Lipinski definition) is 1. The number of halogens is 5. The van der Waals surface area contributed by atoms with Crippen LogP contribution in [0.1, 0.15) is 17.2 Å². The van der Waals surface area contributed by atoms with Crippen molar-refractivity contribution in [1.29, 1.82) is 0 Å². The minimum Gasteiger partial charge on any atom is -0.309 e. The smallest absolute Gasteiger partial charge is 0.145 e. The van der Waals surface area contributed by atoms with Crippen LogP contribution in [0.25, 0.3) is 0 Å². The zero-order chi connectivity index (χ0) is 14.9. The minimum atomic E-state index is -0.808. The predicted octanol–water partition coefficient (Wildman–Crippen LogP) is 4.94. The molecule has 1 atom stereocenters. The molecule has 0 saturated heterocycles. The molecule has 106 valence electrons.